The van der Waals surface area contributed by atoms with Crippen molar-refractivity contribution in [3.63, 3.8) is 0 Å². The fourth-order valence-electron chi connectivity index (χ4n) is 1.64. The molecular weight excluding hydrogens is 236 g/mol. The molecule has 0 bridgehead atoms. The van der Waals surface area contributed by atoms with Crippen LogP contribution in [0.15, 0.2) is 24.3 Å². The molecule has 1 N–H and O–H groups in total. The second-order valence-corrected chi connectivity index (χ2v) is 4.36. The summed E-state index contributed by atoms with van der Waals surface area (Å²) in [5.74, 6) is -1.27. The number of non-ortho nitro benzene ring substituents is 1. The third kappa shape index (κ3) is 4.14. The van der Waals surface area contributed by atoms with E-state index in [1.54, 1.807) is 19.1 Å². The predicted molar refractivity (Wildman–Crippen MR) is 66.2 cm³/mol. The van der Waals surface area contributed by atoms with E-state index >= 15 is 0 Å². The smallest absolute Gasteiger partial charge is 0.307 e. The van der Waals surface area contributed by atoms with Gasteiger partial charge in [0.05, 0.1) is 10.8 Å². The van der Waals surface area contributed by atoms with Crippen LogP contribution in [-0.4, -0.2) is 34.5 Å². The molecule has 0 fully saturated rings. The molecule has 1 unspecified atom stereocenters. The lowest BCUT2D eigenvalue weighted by atomic mass is 10.1. The first-order valence-electron chi connectivity index (χ1n) is 5.55. The van der Waals surface area contributed by atoms with Crippen molar-refractivity contribution < 1.29 is 14.8 Å². The molecule has 0 heterocycles. The standard InChI is InChI=1S/C12H16N2O4/c1-9(12(15)16)7-13(2)8-10-3-5-11(6-4-10)14(17)18/h3-6,9H,7-8H2,1-2H3,(H,15,16). The Hall–Kier alpha value is -1.95. The molecule has 1 aromatic carbocycles. The Morgan fingerprint density at radius 2 is 2.00 bits per heavy atom. The number of carboxylic acid groups (broad SMARTS) is 1. The highest BCUT2D eigenvalue weighted by molar-refractivity contribution is 5.69. The third-order valence-corrected chi connectivity index (χ3v) is 2.61. The first-order valence-corrected chi connectivity index (χ1v) is 5.55. The van der Waals surface area contributed by atoms with Crippen LogP contribution in [0.1, 0.15) is 12.5 Å². The Bertz CT molecular complexity index is 430. The minimum atomic E-state index is -0.828. The van der Waals surface area contributed by atoms with Gasteiger partial charge in [0.1, 0.15) is 0 Å². The Morgan fingerprint density at radius 1 is 1.44 bits per heavy atom. The molecule has 6 heteroatoms. The van der Waals surface area contributed by atoms with Crippen LogP contribution in [0.2, 0.25) is 0 Å². The number of nitro benzene ring substituents is 1. The van der Waals surface area contributed by atoms with Crippen molar-refractivity contribution in [2.45, 2.75) is 13.5 Å². The van der Waals surface area contributed by atoms with E-state index < -0.39 is 16.8 Å². The molecule has 1 atom stereocenters. The number of nitro groups is 1. The minimum Gasteiger partial charge on any atom is -0.481 e. The number of hydrogen-bond acceptors (Lipinski definition) is 4. The Kier molecular flexibility index (Phi) is 4.79. The van der Waals surface area contributed by atoms with E-state index in [9.17, 15) is 14.9 Å². The van der Waals surface area contributed by atoms with Crippen LogP contribution in [0.5, 0.6) is 0 Å². The summed E-state index contributed by atoms with van der Waals surface area (Å²) in [5, 5.41) is 19.3. The second-order valence-electron chi connectivity index (χ2n) is 4.36. The van der Waals surface area contributed by atoms with Crippen LogP contribution >= 0.6 is 0 Å². The van der Waals surface area contributed by atoms with E-state index in [2.05, 4.69) is 0 Å². The Labute approximate surface area is 105 Å². The first-order chi connectivity index (χ1) is 8.40. The number of aliphatic carboxylic acids is 1. The largest absolute Gasteiger partial charge is 0.481 e. The van der Waals surface area contributed by atoms with Crippen molar-refractivity contribution in [2.24, 2.45) is 5.92 Å². The van der Waals surface area contributed by atoms with E-state index in [0.717, 1.165) is 5.56 Å². The predicted octanol–water partition coefficient (Wildman–Crippen LogP) is 1.75. The summed E-state index contributed by atoms with van der Waals surface area (Å²) < 4.78 is 0. The zero-order chi connectivity index (χ0) is 13.7. The normalized spacial score (nSPS) is 12.4. The zero-order valence-electron chi connectivity index (χ0n) is 10.4. The van der Waals surface area contributed by atoms with E-state index in [1.165, 1.54) is 12.1 Å². The van der Waals surface area contributed by atoms with E-state index in [-0.39, 0.29) is 5.69 Å². The molecule has 98 valence electrons. The highest BCUT2D eigenvalue weighted by Gasteiger charge is 2.13. The number of carboxylic acids is 1. The van der Waals surface area contributed by atoms with Crippen molar-refractivity contribution in [1.29, 1.82) is 0 Å². The van der Waals surface area contributed by atoms with Gasteiger partial charge in [-0.05, 0) is 12.6 Å². The molecule has 0 saturated carbocycles. The lowest BCUT2D eigenvalue weighted by Crippen LogP contribution is -2.28. The monoisotopic (exact) mass is 252 g/mol. The molecule has 1 aromatic rings. The molecule has 0 aliphatic carbocycles. The van der Waals surface area contributed by atoms with Gasteiger partial charge in [-0.3, -0.25) is 14.9 Å². The summed E-state index contributed by atoms with van der Waals surface area (Å²) >= 11 is 0. The van der Waals surface area contributed by atoms with Gasteiger partial charge in [-0.2, -0.15) is 0 Å². The fraction of sp³-hybridized carbons (Fsp3) is 0.417. The minimum absolute atomic E-state index is 0.0558. The number of hydrogen-bond donors (Lipinski definition) is 1. The van der Waals surface area contributed by atoms with E-state index in [4.69, 9.17) is 5.11 Å². The van der Waals surface area contributed by atoms with Crippen molar-refractivity contribution >= 4 is 11.7 Å². The number of rotatable bonds is 6. The summed E-state index contributed by atoms with van der Waals surface area (Å²) in [6.07, 6.45) is 0. The summed E-state index contributed by atoms with van der Waals surface area (Å²) in [5.41, 5.74) is 0.973. The van der Waals surface area contributed by atoms with Gasteiger partial charge in [0.2, 0.25) is 0 Å². The Balaban J connectivity index is 2.56. The lowest BCUT2D eigenvalue weighted by molar-refractivity contribution is -0.384. The van der Waals surface area contributed by atoms with Crippen LogP contribution in [0.3, 0.4) is 0 Å². The van der Waals surface area contributed by atoms with E-state index in [0.29, 0.717) is 13.1 Å². The summed E-state index contributed by atoms with van der Waals surface area (Å²) in [6, 6.07) is 6.26. The molecule has 0 radical (unpaired) electrons. The first kappa shape index (κ1) is 14.1. The molecule has 0 aliphatic rings. The third-order valence-electron chi connectivity index (χ3n) is 2.61. The van der Waals surface area contributed by atoms with Crippen molar-refractivity contribution in [3.05, 3.63) is 39.9 Å². The summed E-state index contributed by atoms with van der Waals surface area (Å²) in [7, 11) is 1.82. The quantitative estimate of drug-likeness (QED) is 0.616. The molecular formula is C12H16N2O4. The average molecular weight is 252 g/mol. The molecule has 0 amide bonds. The maximum atomic E-state index is 10.7. The van der Waals surface area contributed by atoms with Crippen LogP contribution in [0.4, 0.5) is 5.69 Å². The zero-order valence-corrected chi connectivity index (χ0v) is 10.4. The molecule has 0 saturated heterocycles. The maximum Gasteiger partial charge on any atom is 0.307 e. The maximum absolute atomic E-state index is 10.7. The van der Waals surface area contributed by atoms with Gasteiger partial charge >= 0.3 is 5.97 Å². The van der Waals surface area contributed by atoms with Gasteiger partial charge < -0.3 is 10.0 Å². The van der Waals surface area contributed by atoms with E-state index in [1.807, 2.05) is 11.9 Å². The van der Waals surface area contributed by atoms with Crippen molar-refractivity contribution in [3.8, 4) is 0 Å². The van der Waals surface area contributed by atoms with Crippen molar-refractivity contribution in [1.82, 2.24) is 4.90 Å². The van der Waals surface area contributed by atoms with Crippen LogP contribution in [0.25, 0.3) is 0 Å². The lowest BCUT2D eigenvalue weighted by Gasteiger charge is -2.18. The SMILES string of the molecule is CC(CN(C)Cc1ccc([N+](=O)[O-])cc1)C(=O)O. The van der Waals surface area contributed by atoms with Gasteiger partial charge in [-0.15, -0.1) is 0 Å². The van der Waals surface area contributed by atoms with Gasteiger partial charge in [-0.25, -0.2) is 0 Å². The van der Waals surface area contributed by atoms with Gasteiger partial charge in [0, 0.05) is 25.2 Å². The van der Waals surface area contributed by atoms with Gasteiger partial charge in [-0.1, -0.05) is 19.1 Å². The van der Waals surface area contributed by atoms with Crippen LogP contribution < -0.4 is 0 Å². The van der Waals surface area contributed by atoms with Gasteiger partial charge in [0.25, 0.3) is 5.69 Å². The molecule has 6 nitrogen and oxygen atoms in total. The number of benzene rings is 1. The van der Waals surface area contributed by atoms with Crippen LogP contribution in [-0.2, 0) is 11.3 Å². The summed E-state index contributed by atoms with van der Waals surface area (Å²) in [4.78, 5) is 22.6. The summed E-state index contributed by atoms with van der Waals surface area (Å²) in [6.45, 7) is 2.65. The highest BCUT2D eigenvalue weighted by atomic mass is 16.6. The fourth-order valence-corrected chi connectivity index (χ4v) is 1.64. The van der Waals surface area contributed by atoms with Crippen molar-refractivity contribution in [2.75, 3.05) is 13.6 Å². The number of nitrogens with zero attached hydrogens (tertiary/aromatic N) is 2. The highest BCUT2D eigenvalue weighted by Crippen LogP contribution is 2.13. The molecule has 1 rings (SSSR count). The molecule has 0 aromatic heterocycles. The van der Waals surface area contributed by atoms with Gasteiger partial charge in [0.15, 0.2) is 0 Å². The second kappa shape index (κ2) is 6.11. The number of carbonyl (C=O) groups is 1. The topological polar surface area (TPSA) is 83.7 Å². The Morgan fingerprint density at radius 3 is 2.44 bits per heavy atom. The van der Waals surface area contributed by atoms with Crippen LogP contribution in [0, 0.1) is 16.0 Å². The molecule has 0 aliphatic heterocycles. The average Bonchev–Trinajstić information content (AvgIpc) is 2.29. The molecule has 0 spiro atoms. The molecule has 18 heavy (non-hydrogen) atoms.